The molecule has 0 heterocycles. The summed E-state index contributed by atoms with van der Waals surface area (Å²) in [5, 5.41) is 4.35. The van der Waals surface area contributed by atoms with Gasteiger partial charge in [-0.05, 0) is 42.3 Å². The summed E-state index contributed by atoms with van der Waals surface area (Å²) in [7, 11) is 1.59. The minimum Gasteiger partial charge on any atom is -0.493 e. The van der Waals surface area contributed by atoms with Gasteiger partial charge < -0.3 is 9.47 Å². The number of hydrogen-bond acceptors (Lipinski definition) is 4. The molecule has 6 heteroatoms. The van der Waals surface area contributed by atoms with E-state index in [-0.39, 0.29) is 5.91 Å². The number of rotatable bonds is 9. The fourth-order valence-electron chi connectivity index (χ4n) is 2.29. The second-order valence-corrected chi connectivity index (χ2v) is 6.05. The van der Waals surface area contributed by atoms with E-state index in [0.717, 1.165) is 24.8 Å². The number of unbranched alkanes of at least 4 members (excludes halogenated alkanes) is 2. The highest BCUT2D eigenvalue weighted by atomic mass is 35.5. The number of carbonyl (C=O) groups is 1. The molecule has 0 radical (unpaired) electrons. The first-order valence-electron chi connectivity index (χ1n) is 8.54. The SMILES string of the molecule is CCCCCOc1ccc(/C=N/NC(=O)c2ccccc2Cl)cc1OC. The number of amides is 1. The van der Waals surface area contributed by atoms with Crippen LogP contribution in [0.25, 0.3) is 0 Å². The highest BCUT2D eigenvalue weighted by Gasteiger charge is 2.08. The first-order chi connectivity index (χ1) is 12.7. The summed E-state index contributed by atoms with van der Waals surface area (Å²) >= 11 is 5.99. The predicted molar refractivity (Wildman–Crippen MR) is 105 cm³/mol. The summed E-state index contributed by atoms with van der Waals surface area (Å²) < 4.78 is 11.1. The number of hydrogen-bond donors (Lipinski definition) is 1. The topological polar surface area (TPSA) is 59.9 Å². The van der Waals surface area contributed by atoms with Crippen LogP contribution in [-0.4, -0.2) is 25.8 Å². The van der Waals surface area contributed by atoms with Gasteiger partial charge in [-0.2, -0.15) is 5.10 Å². The van der Waals surface area contributed by atoms with Crippen molar-refractivity contribution in [2.45, 2.75) is 26.2 Å². The third kappa shape index (κ3) is 5.77. The van der Waals surface area contributed by atoms with E-state index in [4.69, 9.17) is 21.1 Å². The Kier molecular flexibility index (Phi) is 7.96. The summed E-state index contributed by atoms with van der Waals surface area (Å²) in [6.07, 6.45) is 4.84. The fourth-order valence-corrected chi connectivity index (χ4v) is 2.51. The van der Waals surface area contributed by atoms with Gasteiger partial charge in [0.15, 0.2) is 11.5 Å². The number of hydrazone groups is 1. The molecule has 1 amide bonds. The van der Waals surface area contributed by atoms with Gasteiger partial charge >= 0.3 is 0 Å². The smallest absolute Gasteiger partial charge is 0.272 e. The normalized spacial score (nSPS) is 10.7. The molecule has 0 aliphatic rings. The van der Waals surface area contributed by atoms with E-state index in [1.54, 1.807) is 37.4 Å². The number of benzene rings is 2. The lowest BCUT2D eigenvalue weighted by atomic mass is 10.2. The molecule has 5 nitrogen and oxygen atoms in total. The maximum atomic E-state index is 12.1. The second-order valence-electron chi connectivity index (χ2n) is 5.64. The Labute approximate surface area is 159 Å². The molecule has 138 valence electrons. The van der Waals surface area contributed by atoms with Crippen LogP contribution in [-0.2, 0) is 0 Å². The molecule has 2 aromatic carbocycles. The molecule has 0 atom stereocenters. The van der Waals surface area contributed by atoms with Gasteiger partial charge in [-0.3, -0.25) is 4.79 Å². The van der Waals surface area contributed by atoms with Crippen LogP contribution in [0.3, 0.4) is 0 Å². The Morgan fingerprint density at radius 2 is 2.00 bits per heavy atom. The minimum absolute atomic E-state index is 0.366. The number of nitrogens with one attached hydrogen (secondary N) is 1. The summed E-state index contributed by atoms with van der Waals surface area (Å²) in [6, 6.07) is 12.3. The minimum atomic E-state index is -0.366. The fraction of sp³-hybridized carbons (Fsp3) is 0.300. The molecular formula is C20H23ClN2O3. The van der Waals surface area contributed by atoms with E-state index in [0.29, 0.717) is 28.7 Å². The van der Waals surface area contributed by atoms with Gasteiger partial charge in [-0.15, -0.1) is 0 Å². The Bertz CT molecular complexity index is 762. The van der Waals surface area contributed by atoms with Gasteiger partial charge in [-0.1, -0.05) is 43.5 Å². The van der Waals surface area contributed by atoms with Gasteiger partial charge in [0, 0.05) is 0 Å². The summed E-state index contributed by atoms with van der Waals surface area (Å²) in [5.41, 5.74) is 3.62. The van der Waals surface area contributed by atoms with Crippen molar-refractivity contribution in [2.75, 3.05) is 13.7 Å². The van der Waals surface area contributed by atoms with Crippen LogP contribution >= 0.6 is 11.6 Å². The van der Waals surface area contributed by atoms with Crippen LogP contribution in [0.2, 0.25) is 5.02 Å². The number of methoxy groups -OCH3 is 1. The largest absolute Gasteiger partial charge is 0.493 e. The number of halogens is 1. The molecule has 0 spiro atoms. The highest BCUT2D eigenvalue weighted by Crippen LogP contribution is 2.27. The van der Waals surface area contributed by atoms with Gasteiger partial charge in [0.05, 0.1) is 30.5 Å². The van der Waals surface area contributed by atoms with E-state index >= 15 is 0 Å². The average Bonchev–Trinajstić information content (AvgIpc) is 2.66. The molecule has 0 fully saturated rings. The molecular weight excluding hydrogens is 352 g/mol. The zero-order valence-corrected chi connectivity index (χ0v) is 15.8. The van der Waals surface area contributed by atoms with Crippen molar-refractivity contribution < 1.29 is 14.3 Å². The van der Waals surface area contributed by atoms with E-state index in [1.165, 1.54) is 6.21 Å². The molecule has 0 aliphatic heterocycles. The van der Waals surface area contributed by atoms with Crippen molar-refractivity contribution in [3.05, 3.63) is 58.6 Å². The molecule has 0 unspecified atom stereocenters. The van der Waals surface area contributed by atoms with Crippen LogP contribution in [0.4, 0.5) is 0 Å². The predicted octanol–water partition coefficient (Wildman–Crippen LogP) is 4.68. The van der Waals surface area contributed by atoms with Crippen LogP contribution in [0.1, 0.15) is 42.1 Å². The molecule has 2 aromatic rings. The van der Waals surface area contributed by atoms with Crippen molar-refractivity contribution in [2.24, 2.45) is 5.10 Å². The monoisotopic (exact) mass is 374 g/mol. The van der Waals surface area contributed by atoms with Crippen molar-refractivity contribution in [3.8, 4) is 11.5 Å². The highest BCUT2D eigenvalue weighted by molar-refractivity contribution is 6.33. The summed E-state index contributed by atoms with van der Waals surface area (Å²) in [6.45, 7) is 2.81. The van der Waals surface area contributed by atoms with Gasteiger partial charge in [-0.25, -0.2) is 5.43 Å². The molecule has 0 aromatic heterocycles. The van der Waals surface area contributed by atoms with Gasteiger partial charge in [0.2, 0.25) is 0 Å². The number of ether oxygens (including phenoxy) is 2. The maximum absolute atomic E-state index is 12.1. The van der Waals surface area contributed by atoms with E-state index in [1.807, 2.05) is 12.1 Å². The molecule has 26 heavy (non-hydrogen) atoms. The zero-order chi connectivity index (χ0) is 18.8. The Hall–Kier alpha value is -2.53. The lowest BCUT2D eigenvalue weighted by Crippen LogP contribution is -2.17. The number of nitrogens with zero attached hydrogens (tertiary/aromatic N) is 1. The summed E-state index contributed by atoms with van der Waals surface area (Å²) in [5.74, 6) is 0.957. The third-order valence-corrected chi connectivity index (χ3v) is 4.02. The van der Waals surface area contributed by atoms with E-state index < -0.39 is 0 Å². The summed E-state index contributed by atoms with van der Waals surface area (Å²) in [4.78, 5) is 12.1. The standard InChI is InChI=1S/C20H23ClN2O3/c1-3-4-7-12-26-18-11-10-15(13-19(18)25-2)14-22-23-20(24)16-8-5-6-9-17(16)21/h5-6,8-11,13-14H,3-4,7,12H2,1-2H3,(H,23,24)/b22-14+. The molecule has 0 saturated heterocycles. The zero-order valence-electron chi connectivity index (χ0n) is 15.0. The average molecular weight is 375 g/mol. The van der Waals surface area contributed by atoms with E-state index in [9.17, 15) is 4.79 Å². The maximum Gasteiger partial charge on any atom is 0.272 e. The van der Waals surface area contributed by atoms with Crippen LogP contribution < -0.4 is 14.9 Å². The first-order valence-corrected chi connectivity index (χ1v) is 8.92. The Morgan fingerprint density at radius 3 is 2.73 bits per heavy atom. The first kappa shape index (κ1) is 19.8. The molecule has 2 rings (SSSR count). The van der Waals surface area contributed by atoms with Crippen molar-refractivity contribution >= 4 is 23.7 Å². The van der Waals surface area contributed by atoms with Gasteiger partial charge in [0.25, 0.3) is 5.91 Å². The molecule has 1 N–H and O–H groups in total. The lowest BCUT2D eigenvalue weighted by Gasteiger charge is -2.11. The lowest BCUT2D eigenvalue weighted by molar-refractivity contribution is 0.0955. The van der Waals surface area contributed by atoms with Crippen molar-refractivity contribution in [1.82, 2.24) is 5.43 Å². The molecule has 0 bridgehead atoms. The van der Waals surface area contributed by atoms with Crippen LogP contribution in [0.5, 0.6) is 11.5 Å². The molecule has 0 saturated carbocycles. The van der Waals surface area contributed by atoms with Crippen LogP contribution in [0.15, 0.2) is 47.6 Å². The Morgan fingerprint density at radius 1 is 1.19 bits per heavy atom. The van der Waals surface area contributed by atoms with E-state index in [2.05, 4.69) is 17.5 Å². The third-order valence-electron chi connectivity index (χ3n) is 3.69. The number of carbonyl (C=O) groups excluding carboxylic acids is 1. The van der Waals surface area contributed by atoms with Crippen molar-refractivity contribution in [3.63, 3.8) is 0 Å². The Balaban J connectivity index is 1.97. The van der Waals surface area contributed by atoms with Gasteiger partial charge in [0.1, 0.15) is 0 Å². The molecule has 0 aliphatic carbocycles. The second kappa shape index (κ2) is 10.5. The van der Waals surface area contributed by atoms with Crippen molar-refractivity contribution in [1.29, 1.82) is 0 Å². The van der Waals surface area contributed by atoms with Crippen LogP contribution in [0, 0.1) is 0 Å². The quantitative estimate of drug-likeness (QED) is 0.394.